The van der Waals surface area contributed by atoms with Crippen molar-refractivity contribution >= 4 is 11.9 Å². The van der Waals surface area contributed by atoms with Gasteiger partial charge in [-0.25, -0.2) is 0 Å². The lowest BCUT2D eigenvalue weighted by molar-refractivity contribution is 1.31. The molecule has 0 radical (unpaired) electrons. The summed E-state index contributed by atoms with van der Waals surface area (Å²) in [5.41, 5.74) is 2.32. The summed E-state index contributed by atoms with van der Waals surface area (Å²) in [5, 5.41) is 0. The molecule has 0 heterocycles. The minimum absolute atomic E-state index is 0.994. The molecule has 0 unspecified atom stereocenters. The van der Waals surface area contributed by atoms with Gasteiger partial charge in [-0.3, -0.25) is 4.99 Å². The topological polar surface area (TPSA) is 12.4 Å². The molecule has 1 aromatic rings. The molecule has 0 aliphatic carbocycles. The SMILES string of the molecule is CC/C=N\c1ccc(C)cc1. The summed E-state index contributed by atoms with van der Waals surface area (Å²) in [6.45, 7) is 4.16. The second kappa shape index (κ2) is 3.91. The van der Waals surface area contributed by atoms with E-state index in [9.17, 15) is 0 Å². The fourth-order valence-electron chi connectivity index (χ4n) is 0.828. The van der Waals surface area contributed by atoms with E-state index in [4.69, 9.17) is 0 Å². The summed E-state index contributed by atoms with van der Waals surface area (Å²) in [7, 11) is 0. The molecule has 1 nitrogen and oxygen atoms in total. The van der Waals surface area contributed by atoms with Crippen LogP contribution in [0, 0.1) is 6.92 Å². The summed E-state index contributed by atoms with van der Waals surface area (Å²) < 4.78 is 0. The van der Waals surface area contributed by atoms with Gasteiger partial charge in [-0.05, 0) is 25.5 Å². The van der Waals surface area contributed by atoms with Crippen molar-refractivity contribution in [3.8, 4) is 0 Å². The molecule has 0 atom stereocenters. The summed E-state index contributed by atoms with van der Waals surface area (Å²) >= 11 is 0. The maximum absolute atomic E-state index is 4.24. The first-order valence-corrected chi connectivity index (χ1v) is 3.92. The average molecular weight is 147 g/mol. The lowest BCUT2D eigenvalue weighted by atomic mass is 10.2. The molecular formula is C10H13N. The second-order valence-corrected chi connectivity index (χ2v) is 2.56. The standard InChI is InChI=1S/C10H13N/c1-3-8-11-10-6-4-9(2)5-7-10/h4-8H,3H2,1-2H3/b11-8-. The van der Waals surface area contributed by atoms with Crippen molar-refractivity contribution in [2.45, 2.75) is 20.3 Å². The Hall–Kier alpha value is -1.11. The van der Waals surface area contributed by atoms with E-state index in [0.29, 0.717) is 0 Å². The van der Waals surface area contributed by atoms with Gasteiger partial charge in [0.15, 0.2) is 0 Å². The van der Waals surface area contributed by atoms with E-state index in [0.717, 1.165) is 12.1 Å². The molecule has 0 aliphatic heterocycles. The van der Waals surface area contributed by atoms with Crippen molar-refractivity contribution in [1.29, 1.82) is 0 Å². The van der Waals surface area contributed by atoms with Crippen LogP contribution < -0.4 is 0 Å². The van der Waals surface area contributed by atoms with Gasteiger partial charge in [-0.1, -0.05) is 24.6 Å². The van der Waals surface area contributed by atoms with E-state index < -0.39 is 0 Å². The maximum Gasteiger partial charge on any atom is 0.0625 e. The van der Waals surface area contributed by atoms with Gasteiger partial charge in [0.05, 0.1) is 5.69 Å². The highest BCUT2D eigenvalue weighted by atomic mass is 14.7. The van der Waals surface area contributed by atoms with Crippen LogP contribution in [0.15, 0.2) is 29.3 Å². The van der Waals surface area contributed by atoms with Crippen molar-refractivity contribution in [2.24, 2.45) is 4.99 Å². The molecule has 0 spiro atoms. The molecule has 1 aromatic carbocycles. The molecule has 0 amide bonds. The number of aliphatic imine (C=N–C) groups is 1. The molecule has 58 valence electrons. The van der Waals surface area contributed by atoms with E-state index in [1.165, 1.54) is 5.56 Å². The third-order valence-electron chi connectivity index (χ3n) is 1.46. The first-order chi connectivity index (χ1) is 5.33. The Morgan fingerprint density at radius 2 is 1.91 bits per heavy atom. The molecule has 1 rings (SSSR count). The lowest BCUT2D eigenvalue weighted by Crippen LogP contribution is -1.70. The summed E-state index contributed by atoms with van der Waals surface area (Å²) in [5.74, 6) is 0. The van der Waals surface area contributed by atoms with Gasteiger partial charge in [-0.15, -0.1) is 0 Å². The van der Waals surface area contributed by atoms with Crippen LogP contribution in [-0.4, -0.2) is 6.21 Å². The van der Waals surface area contributed by atoms with E-state index in [-0.39, 0.29) is 0 Å². The third-order valence-corrected chi connectivity index (χ3v) is 1.46. The van der Waals surface area contributed by atoms with E-state index in [1.807, 2.05) is 18.3 Å². The van der Waals surface area contributed by atoms with Gasteiger partial charge in [-0.2, -0.15) is 0 Å². The van der Waals surface area contributed by atoms with Crippen LogP contribution in [0.3, 0.4) is 0 Å². The Labute approximate surface area is 67.8 Å². The van der Waals surface area contributed by atoms with Crippen LogP contribution in [0.1, 0.15) is 18.9 Å². The normalized spacial score (nSPS) is 10.7. The van der Waals surface area contributed by atoms with Crippen LogP contribution in [0.25, 0.3) is 0 Å². The van der Waals surface area contributed by atoms with Crippen LogP contribution in [0.2, 0.25) is 0 Å². The van der Waals surface area contributed by atoms with Gasteiger partial charge < -0.3 is 0 Å². The van der Waals surface area contributed by atoms with Crippen molar-refractivity contribution in [3.63, 3.8) is 0 Å². The maximum atomic E-state index is 4.24. The Morgan fingerprint density at radius 3 is 2.45 bits per heavy atom. The number of hydrogen-bond donors (Lipinski definition) is 0. The highest BCUT2D eigenvalue weighted by molar-refractivity contribution is 5.62. The molecule has 0 aliphatic rings. The number of aryl methyl sites for hydroxylation is 1. The van der Waals surface area contributed by atoms with Gasteiger partial charge in [0.25, 0.3) is 0 Å². The lowest BCUT2D eigenvalue weighted by Gasteiger charge is -1.92. The zero-order chi connectivity index (χ0) is 8.10. The predicted octanol–water partition coefficient (Wildman–Crippen LogP) is 3.11. The average Bonchev–Trinajstić information content (AvgIpc) is 2.04. The number of nitrogens with zero attached hydrogens (tertiary/aromatic N) is 1. The summed E-state index contributed by atoms with van der Waals surface area (Å²) in [6, 6.07) is 8.20. The molecule has 0 bridgehead atoms. The summed E-state index contributed by atoms with van der Waals surface area (Å²) in [6.07, 6.45) is 2.92. The van der Waals surface area contributed by atoms with Gasteiger partial charge in [0.1, 0.15) is 0 Å². The highest BCUT2D eigenvalue weighted by Gasteiger charge is 1.84. The van der Waals surface area contributed by atoms with Gasteiger partial charge in [0.2, 0.25) is 0 Å². The van der Waals surface area contributed by atoms with Crippen LogP contribution in [0.5, 0.6) is 0 Å². The van der Waals surface area contributed by atoms with Gasteiger partial charge >= 0.3 is 0 Å². The fourth-order valence-corrected chi connectivity index (χ4v) is 0.828. The van der Waals surface area contributed by atoms with Crippen molar-refractivity contribution < 1.29 is 0 Å². The van der Waals surface area contributed by atoms with Crippen molar-refractivity contribution in [1.82, 2.24) is 0 Å². The van der Waals surface area contributed by atoms with Crippen molar-refractivity contribution in [3.05, 3.63) is 29.8 Å². The second-order valence-electron chi connectivity index (χ2n) is 2.56. The molecule has 0 saturated carbocycles. The Balaban J connectivity index is 2.73. The molecule has 0 fully saturated rings. The predicted molar refractivity (Wildman–Crippen MR) is 49.6 cm³/mol. The van der Waals surface area contributed by atoms with Crippen LogP contribution in [-0.2, 0) is 0 Å². The Morgan fingerprint density at radius 1 is 1.27 bits per heavy atom. The monoisotopic (exact) mass is 147 g/mol. The number of hydrogen-bond acceptors (Lipinski definition) is 1. The molecule has 0 saturated heterocycles. The Kier molecular flexibility index (Phi) is 2.84. The molecule has 0 N–H and O–H groups in total. The molecule has 0 aromatic heterocycles. The number of benzene rings is 1. The first kappa shape index (κ1) is 7.99. The zero-order valence-electron chi connectivity index (χ0n) is 7.04. The largest absolute Gasteiger partial charge is 0.261 e. The molecule has 11 heavy (non-hydrogen) atoms. The van der Waals surface area contributed by atoms with E-state index in [1.54, 1.807) is 0 Å². The third kappa shape index (κ3) is 2.54. The number of rotatable bonds is 2. The van der Waals surface area contributed by atoms with E-state index in [2.05, 4.69) is 31.0 Å². The van der Waals surface area contributed by atoms with E-state index >= 15 is 0 Å². The highest BCUT2D eigenvalue weighted by Crippen LogP contribution is 2.11. The van der Waals surface area contributed by atoms with Crippen LogP contribution in [0.4, 0.5) is 5.69 Å². The Bertz CT molecular complexity index is 234. The fraction of sp³-hybridized carbons (Fsp3) is 0.300. The smallest absolute Gasteiger partial charge is 0.0625 e. The molecular weight excluding hydrogens is 134 g/mol. The minimum Gasteiger partial charge on any atom is -0.261 e. The summed E-state index contributed by atoms with van der Waals surface area (Å²) in [4.78, 5) is 4.24. The molecule has 1 heteroatoms. The quantitative estimate of drug-likeness (QED) is 0.570. The first-order valence-electron chi connectivity index (χ1n) is 3.92. The van der Waals surface area contributed by atoms with Crippen LogP contribution >= 0.6 is 0 Å². The zero-order valence-corrected chi connectivity index (χ0v) is 7.04. The minimum atomic E-state index is 0.994. The van der Waals surface area contributed by atoms with Gasteiger partial charge in [0, 0.05) is 6.21 Å². The van der Waals surface area contributed by atoms with Crippen molar-refractivity contribution in [2.75, 3.05) is 0 Å².